The van der Waals surface area contributed by atoms with Crippen LogP contribution in [0, 0.1) is 0 Å². The number of para-hydroxylation sites is 1. The van der Waals surface area contributed by atoms with Crippen LogP contribution in [0.25, 0.3) is 0 Å². The molecule has 1 N–H and O–H groups in total. The molecule has 1 amide bonds. The number of hydrogen-bond donors (Lipinski definition) is 1. The number of hydrogen-bond acceptors (Lipinski definition) is 4. The summed E-state index contributed by atoms with van der Waals surface area (Å²) < 4.78 is 5.02. The van der Waals surface area contributed by atoms with Gasteiger partial charge in [0.1, 0.15) is 6.29 Å². The predicted octanol–water partition coefficient (Wildman–Crippen LogP) is 3.81. The molecule has 0 heterocycles. The summed E-state index contributed by atoms with van der Waals surface area (Å²) in [5, 5.41) is 2.79. The molecule has 0 aliphatic carbocycles. The Balaban J connectivity index is 1.94. The Labute approximate surface area is 147 Å². The number of nitrogens with one attached hydrogen (secondary N) is 1. The number of esters is 1. The van der Waals surface area contributed by atoms with E-state index in [1.807, 2.05) is 24.3 Å². The van der Waals surface area contributed by atoms with Crippen molar-refractivity contribution in [3.8, 4) is 0 Å². The lowest BCUT2D eigenvalue weighted by Crippen LogP contribution is -2.21. The van der Waals surface area contributed by atoms with E-state index in [1.54, 1.807) is 0 Å². The molecule has 0 fully saturated rings. The van der Waals surface area contributed by atoms with Crippen LogP contribution >= 0.6 is 0 Å². The van der Waals surface area contributed by atoms with Crippen LogP contribution in [0.5, 0.6) is 0 Å². The summed E-state index contributed by atoms with van der Waals surface area (Å²) in [6, 6.07) is 13.6. The van der Waals surface area contributed by atoms with E-state index in [1.165, 1.54) is 24.3 Å². The van der Waals surface area contributed by atoms with E-state index in [9.17, 15) is 14.4 Å². The smallest absolute Gasteiger partial charge is 0.338 e. The number of anilines is 1. The molecule has 1 atom stereocenters. The van der Waals surface area contributed by atoms with Gasteiger partial charge in [0.05, 0.1) is 5.56 Å². The third-order valence-electron chi connectivity index (χ3n) is 3.99. The Kier molecular flexibility index (Phi) is 6.46. The molecule has 0 aliphatic heterocycles. The summed E-state index contributed by atoms with van der Waals surface area (Å²) in [5.74, 6) is -0.688. The molecule has 0 unspecified atom stereocenters. The van der Waals surface area contributed by atoms with Gasteiger partial charge in [-0.1, -0.05) is 44.2 Å². The van der Waals surface area contributed by atoms with Gasteiger partial charge in [-0.25, -0.2) is 4.79 Å². The molecule has 2 aromatic carbocycles. The Hall–Kier alpha value is -2.95. The molecular weight excluding hydrogens is 318 g/mol. The van der Waals surface area contributed by atoms with Crippen molar-refractivity contribution in [2.45, 2.75) is 26.2 Å². The van der Waals surface area contributed by atoms with Crippen molar-refractivity contribution in [2.24, 2.45) is 0 Å². The van der Waals surface area contributed by atoms with Crippen molar-refractivity contribution in [2.75, 3.05) is 11.9 Å². The first-order valence-corrected chi connectivity index (χ1v) is 8.16. The minimum Gasteiger partial charge on any atom is -0.452 e. The fourth-order valence-electron chi connectivity index (χ4n) is 2.36. The number of ether oxygens (including phenoxy) is 1. The van der Waals surface area contributed by atoms with Crippen molar-refractivity contribution in [1.82, 2.24) is 0 Å². The predicted molar refractivity (Wildman–Crippen MR) is 95.9 cm³/mol. The lowest BCUT2D eigenvalue weighted by Gasteiger charge is -2.15. The second-order valence-electron chi connectivity index (χ2n) is 5.76. The van der Waals surface area contributed by atoms with Gasteiger partial charge in [0, 0.05) is 11.3 Å². The van der Waals surface area contributed by atoms with Gasteiger partial charge in [0.25, 0.3) is 5.91 Å². The molecule has 2 aromatic rings. The fraction of sp³-hybridized carbons (Fsp3) is 0.250. The van der Waals surface area contributed by atoms with E-state index in [-0.39, 0.29) is 6.61 Å². The van der Waals surface area contributed by atoms with Gasteiger partial charge in [-0.15, -0.1) is 0 Å². The van der Waals surface area contributed by atoms with Crippen molar-refractivity contribution >= 4 is 23.9 Å². The van der Waals surface area contributed by atoms with Crippen LogP contribution < -0.4 is 5.32 Å². The fourth-order valence-corrected chi connectivity index (χ4v) is 2.36. The number of aldehydes is 1. The third kappa shape index (κ3) is 5.01. The van der Waals surface area contributed by atoms with E-state index in [4.69, 9.17) is 4.74 Å². The van der Waals surface area contributed by atoms with Crippen molar-refractivity contribution in [1.29, 1.82) is 0 Å². The molecule has 130 valence electrons. The zero-order chi connectivity index (χ0) is 18.2. The molecule has 5 heteroatoms. The molecule has 0 bridgehead atoms. The molecule has 0 spiro atoms. The molecular formula is C20H21NO4. The maximum absolute atomic E-state index is 12.1. The standard InChI is InChI=1S/C20H21NO4/c1-3-14(2)17-6-4-5-7-18(17)21-19(23)13-25-20(24)16-10-8-15(12-22)9-11-16/h4-12,14H,3,13H2,1-2H3,(H,21,23)/t14-/m0/s1. The second-order valence-corrected chi connectivity index (χ2v) is 5.76. The minimum absolute atomic E-state index is 0.290. The molecule has 5 nitrogen and oxygen atoms in total. The van der Waals surface area contributed by atoms with Crippen LogP contribution in [-0.2, 0) is 9.53 Å². The Morgan fingerprint density at radius 3 is 2.44 bits per heavy atom. The highest BCUT2D eigenvalue weighted by molar-refractivity contribution is 5.96. The number of rotatable bonds is 7. The van der Waals surface area contributed by atoms with Gasteiger partial charge in [0.15, 0.2) is 6.61 Å². The van der Waals surface area contributed by atoms with E-state index < -0.39 is 11.9 Å². The van der Waals surface area contributed by atoms with Gasteiger partial charge in [0.2, 0.25) is 0 Å². The molecule has 0 aromatic heterocycles. The Morgan fingerprint density at radius 2 is 1.80 bits per heavy atom. The van der Waals surface area contributed by atoms with Gasteiger partial charge in [-0.3, -0.25) is 9.59 Å². The minimum atomic E-state index is -0.609. The lowest BCUT2D eigenvalue weighted by atomic mass is 9.97. The number of amides is 1. The van der Waals surface area contributed by atoms with Gasteiger partial charge in [-0.05, 0) is 36.1 Å². The largest absolute Gasteiger partial charge is 0.452 e. The zero-order valence-corrected chi connectivity index (χ0v) is 14.3. The average Bonchev–Trinajstić information content (AvgIpc) is 2.66. The first-order valence-electron chi connectivity index (χ1n) is 8.16. The number of carbonyl (C=O) groups excluding carboxylic acids is 3. The van der Waals surface area contributed by atoms with E-state index in [0.29, 0.717) is 23.3 Å². The van der Waals surface area contributed by atoms with Gasteiger partial charge < -0.3 is 10.1 Å². The third-order valence-corrected chi connectivity index (χ3v) is 3.99. The van der Waals surface area contributed by atoms with E-state index >= 15 is 0 Å². The van der Waals surface area contributed by atoms with E-state index in [2.05, 4.69) is 19.2 Å². The van der Waals surface area contributed by atoms with Crippen LogP contribution in [0.15, 0.2) is 48.5 Å². The number of benzene rings is 2. The molecule has 25 heavy (non-hydrogen) atoms. The highest BCUT2D eigenvalue weighted by Gasteiger charge is 2.13. The SMILES string of the molecule is CC[C@H](C)c1ccccc1NC(=O)COC(=O)c1ccc(C=O)cc1. The molecule has 2 rings (SSSR count). The van der Waals surface area contributed by atoms with Crippen LogP contribution in [-0.4, -0.2) is 24.8 Å². The summed E-state index contributed by atoms with van der Waals surface area (Å²) in [6.07, 6.45) is 1.65. The Morgan fingerprint density at radius 1 is 1.12 bits per heavy atom. The number of carbonyl (C=O) groups is 3. The normalized spacial score (nSPS) is 11.4. The Bertz CT molecular complexity index is 753. The summed E-state index contributed by atoms with van der Waals surface area (Å²) in [6.45, 7) is 3.80. The molecule has 0 saturated carbocycles. The van der Waals surface area contributed by atoms with E-state index in [0.717, 1.165) is 17.7 Å². The summed E-state index contributed by atoms with van der Waals surface area (Å²) in [7, 11) is 0. The maximum Gasteiger partial charge on any atom is 0.338 e. The summed E-state index contributed by atoms with van der Waals surface area (Å²) in [5.41, 5.74) is 2.54. The van der Waals surface area contributed by atoms with Crippen LogP contribution in [0.1, 0.15) is 52.5 Å². The summed E-state index contributed by atoms with van der Waals surface area (Å²) >= 11 is 0. The van der Waals surface area contributed by atoms with Gasteiger partial charge in [-0.2, -0.15) is 0 Å². The lowest BCUT2D eigenvalue weighted by molar-refractivity contribution is -0.119. The monoisotopic (exact) mass is 339 g/mol. The first kappa shape index (κ1) is 18.4. The summed E-state index contributed by atoms with van der Waals surface area (Å²) in [4.78, 5) is 34.6. The highest BCUT2D eigenvalue weighted by Crippen LogP contribution is 2.26. The van der Waals surface area contributed by atoms with Crippen molar-refractivity contribution < 1.29 is 19.1 Å². The van der Waals surface area contributed by atoms with Crippen LogP contribution in [0.4, 0.5) is 5.69 Å². The van der Waals surface area contributed by atoms with Crippen molar-refractivity contribution in [3.05, 3.63) is 65.2 Å². The maximum atomic E-state index is 12.1. The highest BCUT2D eigenvalue weighted by atomic mass is 16.5. The van der Waals surface area contributed by atoms with Crippen molar-refractivity contribution in [3.63, 3.8) is 0 Å². The molecule has 0 saturated heterocycles. The quantitative estimate of drug-likeness (QED) is 0.615. The molecule has 0 radical (unpaired) electrons. The average molecular weight is 339 g/mol. The van der Waals surface area contributed by atoms with Crippen LogP contribution in [0.3, 0.4) is 0 Å². The molecule has 0 aliphatic rings. The second kappa shape index (κ2) is 8.78. The first-order chi connectivity index (χ1) is 12.0. The van der Waals surface area contributed by atoms with Gasteiger partial charge >= 0.3 is 5.97 Å². The topological polar surface area (TPSA) is 72.5 Å². The van der Waals surface area contributed by atoms with Crippen LogP contribution in [0.2, 0.25) is 0 Å². The zero-order valence-electron chi connectivity index (χ0n) is 14.3.